The highest BCUT2D eigenvalue weighted by Crippen LogP contribution is 2.68. The molecule has 7 aromatic rings. The van der Waals surface area contributed by atoms with Crippen molar-refractivity contribution in [1.82, 2.24) is 0 Å². The van der Waals surface area contributed by atoms with Gasteiger partial charge in [-0.25, -0.2) is 0 Å². The minimum atomic E-state index is 0.562. The highest BCUT2D eigenvalue weighted by atomic mass is 15.2. The molecule has 6 aliphatic rings. The molecular weight excluding hydrogens is 797 g/mol. The molecular formula is C64H67N2+. The first-order valence-electron chi connectivity index (χ1n) is 26.5. The van der Waals surface area contributed by atoms with Crippen LogP contribution in [0.15, 0.2) is 152 Å². The Morgan fingerprint density at radius 3 is 1.53 bits per heavy atom. The normalized spacial score (nSPS) is 23.6. The maximum atomic E-state index is 3.01. The van der Waals surface area contributed by atoms with Crippen LogP contribution in [0.4, 0.5) is 17.1 Å². The molecule has 332 valence electrons. The van der Waals surface area contributed by atoms with Crippen LogP contribution in [0.3, 0.4) is 0 Å². The van der Waals surface area contributed by atoms with E-state index in [2.05, 4.69) is 157 Å². The van der Waals surface area contributed by atoms with Crippen LogP contribution in [0.1, 0.15) is 126 Å². The molecule has 2 heteroatoms. The van der Waals surface area contributed by atoms with Crippen molar-refractivity contribution in [1.29, 1.82) is 0 Å². The van der Waals surface area contributed by atoms with Crippen molar-refractivity contribution in [3.8, 4) is 44.5 Å². The van der Waals surface area contributed by atoms with E-state index in [0.29, 0.717) is 35.8 Å². The van der Waals surface area contributed by atoms with E-state index in [9.17, 15) is 0 Å². The zero-order chi connectivity index (χ0) is 43.6. The highest BCUT2D eigenvalue weighted by molar-refractivity contribution is 6.24. The number of quaternary nitrogens is 1. The Bertz CT molecular complexity index is 2780. The molecule has 6 aliphatic carbocycles. The predicted octanol–water partition coefficient (Wildman–Crippen LogP) is 16.2. The summed E-state index contributed by atoms with van der Waals surface area (Å²) in [6, 6.07) is 60.2. The lowest BCUT2D eigenvalue weighted by atomic mass is 9.67. The molecule has 0 saturated heterocycles. The summed E-state index contributed by atoms with van der Waals surface area (Å²) < 4.78 is 0. The van der Waals surface area contributed by atoms with Gasteiger partial charge in [0, 0.05) is 29.1 Å². The molecule has 7 aromatic carbocycles. The number of fused-ring (bicyclic) bond motifs is 6. The highest BCUT2D eigenvalue weighted by Gasteiger charge is 2.52. The van der Waals surface area contributed by atoms with Gasteiger partial charge in [-0.15, -0.1) is 0 Å². The number of hydrogen-bond donors (Lipinski definition) is 1. The van der Waals surface area contributed by atoms with E-state index in [-0.39, 0.29) is 0 Å². The first kappa shape index (κ1) is 40.8. The van der Waals surface area contributed by atoms with Gasteiger partial charge in [0.2, 0.25) is 0 Å². The van der Waals surface area contributed by atoms with Gasteiger partial charge < -0.3 is 4.90 Å². The average molecular weight is 864 g/mol. The van der Waals surface area contributed by atoms with Crippen LogP contribution < -0.4 is 9.80 Å². The lowest BCUT2D eigenvalue weighted by Crippen LogP contribution is -3.03. The quantitative estimate of drug-likeness (QED) is 0.152. The Balaban J connectivity index is 1.00. The lowest BCUT2D eigenvalue weighted by Gasteiger charge is -2.44. The molecule has 4 fully saturated rings. The molecule has 5 atom stereocenters. The van der Waals surface area contributed by atoms with Gasteiger partial charge in [0.1, 0.15) is 11.4 Å². The summed E-state index contributed by atoms with van der Waals surface area (Å²) in [7, 11) is 0. The third kappa shape index (κ3) is 6.83. The molecule has 0 aliphatic heterocycles. The van der Waals surface area contributed by atoms with Crippen molar-refractivity contribution in [2.45, 2.75) is 127 Å². The number of nitrogens with zero attached hydrogens (tertiary/aromatic N) is 1. The van der Waals surface area contributed by atoms with E-state index in [4.69, 9.17) is 0 Å². The van der Waals surface area contributed by atoms with Crippen molar-refractivity contribution in [2.24, 2.45) is 17.8 Å². The average Bonchev–Trinajstić information content (AvgIpc) is 3.82. The first-order valence-corrected chi connectivity index (χ1v) is 26.5. The van der Waals surface area contributed by atoms with Crippen LogP contribution in [-0.2, 0) is 0 Å². The fraction of sp³-hybridized carbons (Fsp3) is 0.375. The van der Waals surface area contributed by atoms with E-state index >= 15 is 0 Å². The Kier molecular flexibility index (Phi) is 10.7. The van der Waals surface area contributed by atoms with Crippen LogP contribution in [-0.4, -0.2) is 18.6 Å². The van der Waals surface area contributed by atoms with Crippen molar-refractivity contribution < 1.29 is 4.90 Å². The summed E-state index contributed by atoms with van der Waals surface area (Å²) in [5.74, 6) is 3.26. The molecule has 0 heterocycles. The fourth-order valence-electron chi connectivity index (χ4n) is 15.5. The zero-order valence-electron chi connectivity index (χ0n) is 38.9. The fourth-order valence-corrected chi connectivity index (χ4v) is 15.5. The summed E-state index contributed by atoms with van der Waals surface area (Å²) in [5, 5.41) is 3.01. The van der Waals surface area contributed by atoms with Crippen molar-refractivity contribution >= 4 is 27.8 Å². The molecule has 0 radical (unpaired) electrons. The van der Waals surface area contributed by atoms with Gasteiger partial charge in [0.05, 0.1) is 6.54 Å². The Hall–Kier alpha value is -5.44. The molecule has 0 spiro atoms. The number of rotatable bonds is 9. The van der Waals surface area contributed by atoms with E-state index in [1.807, 2.05) is 0 Å². The molecule has 0 amide bonds. The maximum Gasteiger partial charge on any atom is 0.136 e. The zero-order valence-corrected chi connectivity index (χ0v) is 38.9. The topological polar surface area (TPSA) is 7.68 Å². The van der Waals surface area contributed by atoms with Crippen LogP contribution in [0.2, 0.25) is 0 Å². The summed E-state index contributed by atoms with van der Waals surface area (Å²) in [6.45, 7) is 1.16. The van der Waals surface area contributed by atoms with Gasteiger partial charge in [-0.05, 0) is 166 Å². The third-order valence-corrected chi connectivity index (χ3v) is 18.0. The monoisotopic (exact) mass is 864 g/mol. The predicted molar refractivity (Wildman–Crippen MR) is 277 cm³/mol. The van der Waals surface area contributed by atoms with Gasteiger partial charge in [-0.1, -0.05) is 173 Å². The standard InChI is InChI=1S/C64H66N2/c1-7-21-44(22-8-1)58-61-52-35-19-25-46-41-43(42-65(47-26-11-3-12-27-47)48-28-13-4-14-29-48)37-38-54(57(46)52)63(61)59(45-23-9-2-10-24-45)62-53-36-20-34-51-56(40-39-55(60(51)53)64(58)62)66(49-30-15-5-16-31-49)50-32-17-6-18-33-50/h1-4,7-14,20-24,26-29,34,36,39-40,43,46,49-50,52,54,57H,5-6,15-19,25,30-33,35,37-38,41-42H2/p+1. The Morgan fingerprint density at radius 2 is 0.955 bits per heavy atom. The number of para-hydroxylation sites is 2. The molecule has 0 aromatic heterocycles. The number of nitrogens with one attached hydrogen (secondary N) is 1. The summed E-state index contributed by atoms with van der Waals surface area (Å²) in [5.41, 5.74) is 19.8. The van der Waals surface area contributed by atoms with Gasteiger partial charge >= 0.3 is 0 Å². The third-order valence-electron chi connectivity index (χ3n) is 18.0. The Morgan fingerprint density at radius 1 is 0.424 bits per heavy atom. The van der Waals surface area contributed by atoms with Crippen molar-refractivity contribution in [3.63, 3.8) is 0 Å². The van der Waals surface area contributed by atoms with Crippen LogP contribution in [0.5, 0.6) is 0 Å². The minimum Gasteiger partial charge on any atom is -0.365 e. The van der Waals surface area contributed by atoms with E-state index in [1.54, 1.807) is 22.3 Å². The number of benzene rings is 7. The van der Waals surface area contributed by atoms with Crippen LogP contribution in [0.25, 0.3) is 55.3 Å². The molecule has 4 saturated carbocycles. The number of anilines is 1. The van der Waals surface area contributed by atoms with Gasteiger partial charge in [0.15, 0.2) is 0 Å². The molecule has 5 unspecified atom stereocenters. The van der Waals surface area contributed by atoms with Gasteiger partial charge in [-0.2, -0.15) is 0 Å². The first-order chi connectivity index (χ1) is 32.8. The molecule has 13 rings (SSSR count). The van der Waals surface area contributed by atoms with Crippen LogP contribution in [0, 0.1) is 17.8 Å². The second kappa shape index (κ2) is 17.3. The SMILES string of the molecule is c1ccc(-c2c3c(c(-c4ccccc4)c4c2C2CCCC5CC(C[NH+](c6ccccc6)c6ccccc6)CCC4C52)-c2cccc4c(N(C5CCCCC5)C5CCCCC5)ccc-3c24)cc1. The van der Waals surface area contributed by atoms with E-state index < -0.39 is 0 Å². The Labute approximate surface area is 394 Å². The van der Waals surface area contributed by atoms with E-state index in [1.165, 1.54) is 169 Å². The van der Waals surface area contributed by atoms with E-state index in [0.717, 1.165) is 12.5 Å². The van der Waals surface area contributed by atoms with Crippen molar-refractivity contribution in [3.05, 3.63) is 163 Å². The number of hydrogen-bond acceptors (Lipinski definition) is 1. The maximum absolute atomic E-state index is 3.01. The largest absolute Gasteiger partial charge is 0.365 e. The summed E-state index contributed by atoms with van der Waals surface area (Å²) in [4.78, 5) is 4.54. The smallest absolute Gasteiger partial charge is 0.136 e. The minimum absolute atomic E-state index is 0.562. The molecule has 2 nitrogen and oxygen atoms in total. The van der Waals surface area contributed by atoms with Crippen molar-refractivity contribution in [2.75, 3.05) is 11.4 Å². The van der Waals surface area contributed by atoms with Gasteiger partial charge in [0.25, 0.3) is 0 Å². The van der Waals surface area contributed by atoms with Gasteiger partial charge in [-0.3, -0.25) is 4.90 Å². The lowest BCUT2D eigenvalue weighted by molar-refractivity contribution is -0.765. The molecule has 1 N–H and O–H groups in total. The molecule has 0 bridgehead atoms. The second-order valence-corrected chi connectivity index (χ2v) is 21.5. The second-order valence-electron chi connectivity index (χ2n) is 21.5. The summed E-state index contributed by atoms with van der Waals surface area (Å²) in [6.07, 6.45) is 21.6. The summed E-state index contributed by atoms with van der Waals surface area (Å²) >= 11 is 0. The molecule has 66 heavy (non-hydrogen) atoms. The van der Waals surface area contributed by atoms with Crippen LogP contribution >= 0.6 is 0 Å².